The summed E-state index contributed by atoms with van der Waals surface area (Å²) >= 11 is 0. The molecule has 4 aliphatic heterocycles. The first-order chi connectivity index (χ1) is 12.6. The number of ether oxygens (including phenoxy) is 4. The zero-order chi connectivity index (χ0) is 19.2. The van der Waals surface area contributed by atoms with E-state index in [1.54, 1.807) is 0 Å². The van der Waals surface area contributed by atoms with Crippen molar-refractivity contribution in [2.24, 2.45) is 28.1 Å². The molecule has 0 aromatic rings. The SMILES string of the molecule is C[C@@H]1COC2CC34C5C[C@@H](C(C)(C)C)C36[C@@H](OC[C@@H]6O)O[C@@]4(C(O)O5)[C@]21O. The van der Waals surface area contributed by atoms with E-state index in [9.17, 15) is 15.3 Å². The van der Waals surface area contributed by atoms with E-state index < -0.39 is 46.8 Å². The quantitative estimate of drug-likeness (QED) is 0.558. The molecule has 0 amide bonds. The molecule has 7 heteroatoms. The van der Waals surface area contributed by atoms with E-state index in [0.29, 0.717) is 19.4 Å². The Hall–Kier alpha value is -0.280. The Morgan fingerprint density at radius 1 is 1.04 bits per heavy atom. The number of hydrogen-bond acceptors (Lipinski definition) is 7. The van der Waals surface area contributed by atoms with Gasteiger partial charge in [0.05, 0.1) is 36.9 Å². The molecule has 7 nitrogen and oxygen atoms in total. The minimum Gasteiger partial charge on any atom is -0.390 e. The van der Waals surface area contributed by atoms with Crippen LogP contribution in [0.2, 0.25) is 0 Å². The summed E-state index contributed by atoms with van der Waals surface area (Å²) in [6, 6.07) is 0. The van der Waals surface area contributed by atoms with E-state index in [0.717, 1.165) is 0 Å². The Kier molecular flexibility index (Phi) is 2.97. The first-order valence-corrected chi connectivity index (χ1v) is 10.2. The maximum Gasteiger partial charge on any atom is 0.188 e. The fourth-order valence-electron chi connectivity index (χ4n) is 8.51. The van der Waals surface area contributed by atoms with Crippen molar-refractivity contribution in [1.29, 1.82) is 0 Å². The Balaban J connectivity index is 1.66. The molecule has 4 heterocycles. The molecule has 4 saturated heterocycles. The van der Waals surface area contributed by atoms with Crippen molar-refractivity contribution in [3.63, 3.8) is 0 Å². The van der Waals surface area contributed by atoms with E-state index in [4.69, 9.17) is 18.9 Å². The van der Waals surface area contributed by atoms with E-state index in [1.165, 1.54) is 0 Å². The highest BCUT2D eigenvalue weighted by Gasteiger charge is 2.97. The van der Waals surface area contributed by atoms with Crippen LogP contribution in [0.15, 0.2) is 0 Å². The van der Waals surface area contributed by atoms with E-state index >= 15 is 0 Å². The Bertz CT molecular complexity index is 707. The average molecular weight is 382 g/mol. The number of hydrogen-bond donors (Lipinski definition) is 3. The largest absolute Gasteiger partial charge is 0.390 e. The molecule has 0 bridgehead atoms. The molecular weight excluding hydrogens is 352 g/mol. The summed E-state index contributed by atoms with van der Waals surface area (Å²) in [4.78, 5) is 0. The summed E-state index contributed by atoms with van der Waals surface area (Å²) in [6.07, 6.45) is -2.16. The maximum atomic E-state index is 12.0. The first kappa shape index (κ1) is 17.6. The van der Waals surface area contributed by atoms with Gasteiger partial charge in [-0.15, -0.1) is 0 Å². The zero-order valence-electron chi connectivity index (χ0n) is 16.3. The van der Waals surface area contributed by atoms with Crippen LogP contribution >= 0.6 is 0 Å². The predicted molar refractivity (Wildman–Crippen MR) is 91.3 cm³/mol. The Labute approximate surface area is 158 Å². The lowest BCUT2D eigenvalue weighted by Crippen LogP contribution is -2.67. The van der Waals surface area contributed by atoms with Gasteiger partial charge in [-0.1, -0.05) is 27.7 Å². The minimum atomic E-state index is -1.37. The summed E-state index contributed by atoms with van der Waals surface area (Å²) in [5, 5.41) is 34.4. The molecule has 152 valence electrons. The molecule has 0 radical (unpaired) electrons. The summed E-state index contributed by atoms with van der Waals surface area (Å²) < 4.78 is 24.7. The third-order valence-electron chi connectivity index (χ3n) is 9.23. The molecule has 2 spiro atoms. The summed E-state index contributed by atoms with van der Waals surface area (Å²) in [6.45, 7) is 9.08. The third kappa shape index (κ3) is 1.37. The van der Waals surface area contributed by atoms with E-state index in [-0.39, 0.29) is 30.0 Å². The van der Waals surface area contributed by atoms with Gasteiger partial charge in [0.2, 0.25) is 0 Å². The van der Waals surface area contributed by atoms with Crippen LogP contribution in [0.3, 0.4) is 0 Å². The molecule has 11 atom stereocenters. The fourth-order valence-corrected chi connectivity index (χ4v) is 8.51. The first-order valence-electron chi connectivity index (χ1n) is 10.2. The second-order valence-electron chi connectivity index (χ2n) is 10.8. The summed E-state index contributed by atoms with van der Waals surface area (Å²) in [7, 11) is 0. The molecule has 0 aromatic heterocycles. The van der Waals surface area contributed by atoms with Crippen molar-refractivity contribution in [3.05, 3.63) is 0 Å². The van der Waals surface area contributed by atoms with Crippen molar-refractivity contribution in [3.8, 4) is 0 Å². The molecule has 2 saturated carbocycles. The van der Waals surface area contributed by atoms with Crippen molar-refractivity contribution in [2.45, 2.75) is 82.6 Å². The number of fused-ring (bicyclic) bond motifs is 1. The summed E-state index contributed by atoms with van der Waals surface area (Å²) in [5.74, 6) is -0.134. The van der Waals surface area contributed by atoms with Gasteiger partial charge in [-0.2, -0.15) is 0 Å². The fraction of sp³-hybridized carbons (Fsp3) is 1.00. The smallest absolute Gasteiger partial charge is 0.188 e. The second-order valence-corrected chi connectivity index (χ2v) is 10.8. The van der Waals surface area contributed by atoms with Gasteiger partial charge >= 0.3 is 0 Å². The molecule has 3 N–H and O–H groups in total. The molecule has 6 aliphatic rings. The highest BCUT2D eigenvalue weighted by atomic mass is 16.7. The van der Waals surface area contributed by atoms with Crippen LogP contribution in [0.5, 0.6) is 0 Å². The van der Waals surface area contributed by atoms with Gasteiger partial charge in [0.1, 0.15) is 5.60 Å². The lowest BCUT2D eigenvalue weighted by atomic mass is 9.51. The topological polar surface area (TPSA) is 97.6 Å². The third-order valence-corrected chi connectivity index (χ3v) is 9.23. The van der Waals surface area contributed by atoms with E-state index in [1.807, 2.05) is 6.92 Å². The van der Waals surface area contributed by atoms with Gasteiger partial charge in [0.25, 0.3) is 0 Å². The van der Waals surface area contributed by atoms with Gasteiger partial charge < -0.3 is 34.3 Å². The second kappa shape index (κ2) is 4.56. The van der Waals surface area contributed by atoms with Gasteiger partial charge in [-0.3, -0.25) is 0 Å². The number of aliphatic hydroxyl groups is 3. The van der Waals surface area contributed by atoms with Crippen LogP contribution < -0.4 is 0 Å². The lowest BCUT2D eigenvalue weighted by molar-refractivity contribution is -0.296. The van der Waals surface area contributed by atoms with Crippen LogP contribution in [0, 0.1) is 28.1 Å². The van der Waals surface area contributed by atoms with Gasteiger partial charge in [0, 0.05) is 11.3 Å². The molecule has 6 rings (SSSR count). The molecular formula is C20H30O7. The van der Waals surface area contributed by atoms with Gasteiger partial charge in [0.15, 0.2) is 18.2 Å². The van der Waals surface area contributed by atoms with Gasteiger partial charge in [-0.25, -0.2) is 0 Å². The summed E-state index contributed by atoms with van der Waals surface area (Å²) in [5.41, 5.74) is -4.28. The Morgan fingerprint density at radius 3 is 2.48 bits per heavy atom. The zero-order valence-corrected chi connectivity index (χ0v) is 16.3. The highest BCUT2D eigenvalue weighted by Crippen LogP contribution is 2.85. The van der Waals surface area contributed by atoms with E-state index in [2.05, 4.69) is 20.8 Å². The monoisotopic (exact) mass is 382 g/mol. The molecule has 6 fully saturated rings. The van der Waals surface area contributed by atoms with Crippen molar-refractivity contribution >= 4 is 0 Å². The van der Waals surface area contributed by atoms with Crippen LogP contribution in [0.1, 0.15) is 40.5 Å². The van der Waals surface area contributed by atoms with Crippen LogP contribution in [0.25, 0.3) is 0 Å². The normalized spacial score (nSPS) is 66.1. The van der Waals surface area contributed by atoms with Gasteiger partial charge in [-0.05, 0) is 24.2 Å². The lowest BCUT2D eigenvalue weighted by Gasteiger charge is -2.49. The maximum absolute atomic E-state index is 12.0. The molecule has 27 heavy (non-hydrogen) atoms. The van der Waals surface area contributed by atoms with Crippen molar-refractivity contribution < 1.29 is 34.3 Å². The molecule has 5 unspecified atom stereocenters. The van der Waals surface area contributed by atoms with Crippen LogP contribution in [-0.4, -0.2) is 70.6 Å². The molecule has 0 aromatic carbocycles. The predicted octanol–water partition coefficient (Wildman–Crippen LogP) is 0.398. The highest BCUT2D eigenvalue weighted by molar-refractivity contribution is 5.41. The Morgan fingerprint density at radius 2 is 1.78 bits per heavy atom. The standard InChI is InChI=1S/C20H30O7/c1-9-7-24-13-6-17-12-5-10(16(2,3)4)18(17)11(21)8-25-15(18)27-20(17,14(22)26-12)19(9,13)23/h9-15,21-23H,5-8H2,1-4H3/t9-,10+,11+,12?,13?,14?,15+,17?,18?,19-,20-/m1/s1. The number of rotatable bonds is 0. The van der Waals surface area contributed by atoms with Crippen molar-refractivity contribution in [2.75, 3.05) is 13.2 Å². The van der Waals surface area contributed by atoms with Crippen LogP contribution in [-0.2, 0) is 18.9 Å². The van der Waals surface area contributed by atoms with Crippen LogP contribution in [0.4, 0.5) is 0 Å². The minimum absolute atomic E-state index is 0.0737. The van der Waals surface area contributed by atoms with Crippen molar-refractivity contribution in [1.82, 2.24) is 0 Å². The molecule has 2 aliphatic carbocycles. The number of aliphatic hydroxyl groups excluding tert-OH is 2. The average Bonchev–Trinajstić information content (AvgIpc) is 3.30.